The molecule has 0 bridgehead atoms. The molecule has 35 heavy (non-hydrogen) atoms. The summed E-state index contributed by atoms with van der Waals surface area (Å²) in [5, 5.41) is 17.5. The topological polar surface area (TPSA) is 74.1 Å². The Labute approximate surface area is 218 Å². The molecule has 182 valence electrons. The number of methoxy groups -OCH3 is 1. The molecule has 0 aliphatic heterocycles. The Morgan fingerprint density at radius 3 is 2.51 bits per heavy atom. The Hall–Kier alpha value is -2.78. The molecule has 0 spiro atoms. The Balaban J connectivity index is 1.29. The Morgan fingerprint density at radius 2 is 1.74 bits per heavy atom. The van der Waals surface area contributed by atoms with Gasteiger partial charge in [-0.3, -0.25) is 0 Å². The average molecular weight is 530 g/mol. The number of hydrogen-bond acceptors (Lipinski definition) is 7. The molecule has 1 N–H and O–H groups in total. The van der Waals surface area contributed by atoms with Crippen molar-refractivity contribution in [2.75, 3.05) is 19.4 Å². The molecule has 4 aromatic rings. The molecule has 0 amide bonds. The fourth-order valence-corrected chi connectivity index (χ4v) is 4.76. The predicted molar refractivity (Wildman–Crippen MR) is 140 cm³/mol. The van der Waals surface area contributed by atoms with Crippen LogP contribution in [0.2, 0.25) is 10.0 Å². The van der Waals surface area contributed by atoms with Crippen molar-refractivity contribution in [3.8, 4) is 17.2 Å². The number of para-hydroxylation sites is 2. The summed E-state index contributed by atoms with van der Waals surface area (Å²) in [6.07, 6.45) is 0.946. The smallest absolute Gasteiger partial charge is 0.214 e. The third-order valence-corrected chi connectivity index (χ3v) is 6.90. The maximum Gasteiger partial charge on any atom is 0.214 e. The van der Waals surface area contributed by atoms with E-state index in [1.54, 1.807) is 35.7 Å². The van der Waals surface area contributed by atoms with E-state index in [0.29, 0.717) is 28.1 Å². The van der Waals surface area contributed by atoms with Crippen LogP contribution in [0.4, 0.5) is 0 Å². The van der Waals surface area contributed by atoms with Crippen molar-refractivity contribution < 1.29 is 9.47 Å². The Kier molecular flexibility index (Phi) is 9.25. The second-order valence-electron chi connectivity index (χ2n) is 7.53. The number of hydrogen-bond donors (Lipinski definition) is 1. The van der Waals surface area contributed by atoms with Crippen LogP contribution in [-0.2, 0) is 13.2 Å². The van der Waals surface area contributed by atoms with Gasteiger partial charge in [0.2, 0.25) is 5.16 Å². The third kappa shape index (κ3) is 6.67. The molecule has 3 aromatic carbocycles. The molecule has 4 rings (SSSR count). The van der Waals surface area contributed by atoms with Gasteiger partial charge in [0.15, 0.2) is 11.5 Å². The van der Waals surface area contributed by atoms with E-state index in [1.807, 2.05) is 54.6 Å². The highest BCUT2D eigenvalue weighted by atomic mass is 35.5. The molecule has 0 unspecified atom stereocenters. The van der Waals surface area contributed by atoms with Gasteiger partial charge in [-0.25, -0.2) is 0 Å². The molecule has 0 radical (unpaired) electrons. The summed E-state index contributed by atoms with van der Waals surface area (Å²) >= 11 is 14.2. The summed E-state index contributed by atoms with van der Waals surface area (Å²) in [4.78, 5) is 0. The van der Waals surface area contributed by atoms with E-state index >= 15 is 0 Å². The SMILES string of the molecule is COc1cccc(CNCCCSc2nnnn2-c2ccccc2)c1OCc1c(Cl)cccc1Cl. The van der Waals surface area contributed by atoms with E-state index in [1.165, 1.54) is 0 Å². The minimum Gasteiger partial charge on any atom is -0.493 e. The van der Waals surface area contributed by atoms with Crippen molar-refractivity contribution in [3.05, 3.63) is 87.9 Å². The van der Waals surface area contributed by atoms with Crippen molar-refractivity contribution in [2.45, 2.75) is 24.7 Å². The van der Waals surface area contributed by atoms with Crippen LogP contribution >= 0.6 is 35.0 Å². The third-order valence-electron chi connectivity index (χ3n) is 5.19. The van der Waals surface area contributed by atoms with Gasteiger partial charge in [-0.1, -0.05) is 71.4 Å². The van der Waals surface area contributed by atoms with E-state index in [2.05, 4.69) is 20.8 Å². The van der Waals surface area contributed by atoms with Crippen molar-refractivity contribution in [1.82, 2.24) is 25.5 Å². The standard InChI is InChI=1S/C25H25Cl2N5O2S/c1-33-23-13-5-8-18(24(23)34-17-20-21(26)11-6-12-22(20)27)16-28-14-7-15-35-25-29-30-31-32(25)19-9-3-2-4-10-19/h2-6,8-13,28H,7,14-17H2,1H3. The van der Waals surface area contributed by atoms with Gasteiger partial charge in [0.1, 0.15) is 6.61 Å². The van der Waals surface area contributed by atoms with Crippen LogP contribution < -0.4 is 14.8 Å². The van der Waals surface area contributed by atoms with Crippen molar-refractivity contribution in [3.63, 3.8) is 0 Å². The van der Waals surface area contributed by atoms with Gasteiger partial charge in [0, 0.05) is 33.5 Å². The number of aromatic nitrogens is 4. The summed E-state index contributed by atoms with van der Waals surface area (Å²) in [6, 6.07) is 21.1. The lowest BCUT2D eigenvalue weighted by Crippen LogP contribution is -2.16. The molecule has 10 heteroatoms. The largest absolute Gasteiger partial charge is 0.493 e. The van der Waals surface area contributed by atoms with E-state index in [-0.39, 0.29) is 6.61 Å². The number of tetrazole rings is 1. The summed E-state index contributed by atoms with van der Waals surface area (Å²) in [6.45, 7) is 1.71. The summed E-state index contributed by atoms with van der Waals surface area (Å²) in [5.74, 6) is 2.22. The molecule has 7 nitrogen and oxygen atoms in total. The van der Waals surface area contributed by atoms with Crippen LogP contribution in [0.3, 0.4) is 0 Å². The lowest BCUT2D eigenvalue weighted by molar-refractivity contribution is 0.281. The second-order valence-corrected chi connectivity index (χ2v) is 9.40. The number of rotatable bonds is 12. The number of thioether (sulfide) groups is 1. The maximum absolute atomic E-state index is 6.30. The fourth-order valence-electron chi connectivity index (χ4n) is 3.42. The van der Waals surface area contributed by atoms with Crippen LogP contribution in [0.15, 0.2) is 71.9 Å². The van der Waals surface area contributed by atoms with Crippen LogP contribution in [-0.4, -0.2) is 39.6 Å². The van der Waals surface area contributed by atoms with Crippen molar-refractivity contribution in [2.24, 2.45) is 0 Å². The summed E-state index contributed by atoms with van der Waals surface area (Å²) in [5.41, 5.74) is 2.69. The molecular weight excluding hydrogens is 505 g/mol. The summed E-state index contributed by atoms with van der Waals surface area (Å²) < 4.78 is 13.4. The lowest BCUT2D eigenvalue weighted by atomic mass is 10.1. The van der Waals surface area contributed by atoms with E-state index < -0.39 is 0 Å². The van der Waals surface area contributed by atoms with E-state index in [0.717, 1.165) is 40.7 Å². The van der Waals surface area contributed by atoms with Gasteiger partial charge in [-0.15, -0.1) is 5.10 Å². The zero-order valence-electron chi connectivity index (χ0n) is 19.2. The highest BCUT2D eigenvalue weighted by Gasteiger charge is 2.13. The molecule has 0 fully saturated rings. The Morgan fingerprint density at radius 1 is 0.971 bits per heavy atom. The second kappa shape index (κ2) is 12.8. The first-order valence-corrected chi connectivity index (χ1v) is 12.8. The van der Waals surface area contributed by atoms with Crippen LogP contribution in [0.5, 0.6) is 11.5 Å². The molecule has 0 aliphatic carbocycles. The quantitative estimate of drug-likeness (QED) is 0.183. The monoisotopic (exact) mass is 529 g/mol. The Bertz CT molecular complexity index is 1220. The predicted octanol–water partition coefficient (Wildman–Crippen LogP) is 5.83. The molecule has 0 saturated carbocycles. The maximum atomic E-state index is 6.30. The van der Waals surface area contributed by atoms with Crippen LogP contribution in [0.25, 0.3) is 5.69 Å². The minimum absolute atomic E-state index is 0.249. The molecular formula is C25H25Cl2N5O2S. The first kappa shape index (κ1) is 25.3. The summed E-state index contributed by atoms with van der Waals surface area (Å²) in [7, 11) is 1.63. The van der Waals surface area contributed by atoms with Crippen LogP contribution in [0, 0.1) is 0 Å². The first-order chi connectivity index (χ1) is 17.2. The van der Waals surface area contributed by atoms with Gasteiger partial charge >= 0.3 is 0 Å². The number of halogens is 2. The van der Waals surface area contributed by atoms with Crippen LogP contribution in [0.1, 0.15) is 17.5 Å². The normalized spacial score (nSPS) is 10.9. The lowest BCUT2D eigenvalue weighted by Gasteiger charge is -2.16. The molecule has 0 aliphatic rings. The molecule has 0 saturated heterocycles. The van der Waals surface area contributed by atoms with Gasteiger partial charge < -0.3 is 14.8 Å². The number of ether oxygens (including phenoxy) is 2. The number of nitrogens with one attached hydrogen (secondary N) is 1. The molecule has 1 aromatic heterocycles. The van der Waals surface area contributed by atoms with Gasteiger partial charge in [0.05, 0.1) is 12.8 Å². The fraction of sp³-hybridized carbons (Fsp3) is 0.240. The first-order valence-electron chi connectivity index (χ1n) is 11.1. The molecule has 1 heterocycles. The zero-order chi connectivity index (χ0) is 24.5. The van der Waals surface area contributed by atoms with Crippen molar-refractivity contribution >= 4 is 35.0 Å². The van der Waals surface area contributed by atoms with Gasteiger partial charge in [0.25, 0.3) is 0 Å². The highest BCUT2D eigenvalue weighted by molar-refractivity contribution is 7.99. The number of nitrogens with zero attached hydrogens (tertiary/aromatic N) is 4. The zero-order valence-corrected chi connectivity index (χ0v) is 21.5. The highest BCUT2D eigenvalue weighted by Crippen LogP contribution is 2.33. The van der Waals surface area contributed by atoms with Gasteiger partial charge in [-0.2, -0.15) is 4.68 Å². The van der Waals surface area contributed by atoms with Gasteiger partial charge in [-0.05, 0) is 53.7 Å². The van der Waals surface area contributed by atoms with Crippen molar-refractivity contribution in [1.29, 1.82) is 0 Å². The van der Waals surface area contributed by atoms with E-state index in [9.17, 15) is 0 Å². The number of benzene rings is 3. The van der Waals surface area contributed by atoms with E-state index in [4.69, 9.17) is 32.7 Å². The molecule has 0 atom stereocenters. The minimum atomic E-state index is 0.249. The average Bonchev–Trinajstić information content (AvgIpc) is 3.35.